The second kappa shape index (κ2) is 11.4. The number of aromatic nitrogens is 5. The number of hydrogen-bond donors (Lipinski definition) is 0. The molecule has 0 N–H and O–H groups in total. The van der Waals surface area contributed by atoms with Crippen molar-refractivity contribution in [1.82, 2.24) is 34.9 Å². The van der Waals surface area contributed by atoms with Crippen molar-refractivity contribution >= 4 is 5.82 Å². The van der Waals surface area contributed by atoms with Crippen LogP contribution in [0.1, 0.15) is 57.6 Å². The average molecular weight is 641 g/mol. The van der Waals surface area contributed by atoms with Crippen LogP contribution in [0.25, 0.3) is 11.1 Å². The van der Waals surface area contributed by atoms with Crippen LogP contribution in [0, 0.1) is 34.4 Å². The molecular formula is C36H45FN8O2. The van der Waals surface area contributed by atoms with Crippen LogP contribution in [-0.2, 0) is 4.74 Å². The van der Waals surface area contributed by atoms with Crippen LogP contribution < -0.4 is 9.64 Å². The zero-order chi connectivity index (χ0) is 31.8. The largest absolute Gasteiger partial charge is 0.434 e. The predicted octanol–water partition coefficient (Wildman–Crippen LogP) is 5.03. The maximum Gasteiger partial charge on any atom is 0.282 e. The first kappa shape index (κ1) is 29.8. The minimum atomic E-state index is -0.336. The van der Waals surface area contributed by atoms with Gasteiger partial charge in [-0.2, -0.15) is 0 Å². The van der Waals surface area contributed by atoms with Gasteiger partial charge in [0.15, 0.2) is 5.82 Å². The van der Waals surface area contributed by atoms with Gasteiger partial charge in [0.05, 0.1) is 18.9 Å². The first-order valence-electron chi connectivity index (χ1n) is 17.6. The van der Waals surface area contributed by atoms with Crippen molar-refractivity contribution in [1.29, 1.82) is 0 Å². The molecule has 4 aliphatic heterocycles. The molecule has 2 aliphatic carbocycles. The van der Waals surface area contributed by atoms with Crippen LogP contribution in [0.2, 0.25) is 0 Å². The highest BCUT2D eigenvalue weighted by atomic mass is 19.1. The van der Waals surface area contributed by atoms with Crippen molar-refractivity contribution in [3.63, 3.8) is 0 Å². The number of halogens is 1. The van der Waals surface area contributed by atoms with Crippen LogP contribution >= 0.6 is 0 Å². The summed E-state index contributed by atoms with van der Waals surface area (Å²) in [6.07, 6.45) is 10.9. The lowest BCUT2D eigenvalue weighted by Gasteiger charge is -2.64. The van der Waals surface area contributed by atoms with E-state index in [0.29, 0.717) is 46.3 Å². The van der Waals surface area contributed by atoms with Gasteiger partial charge in [0.1, 0.15) is 24.2 Å². The van der Waals surface area contributed by atoms with Gasteiger partial charge in [-0.1, -0.05) is 13.8 Å². The molecule has 6 aliphatic rings. The van der Waals surface area contributed by atoms with Crippen molar-refractivity contribution in [2.45, 2.75) is 57.9 Å². The number of hydrogen-bond acceptors (Lipinski definition) is 10. The minimum Gasteiger partial charge on any atom is -0.434 e. The summed E-state index contributed by atoms with van der Waals surface area (Å²) in [5.74, 6) is 3.81. The molecule has 1 atom stereocenters. The Balaban J connectivity index is 0.861. The summed E-state index contributed by atoms with van der Waals surface area (Å²) in [5, 5.41) is 8.45. The molecule has 3 aromatic rings. The van der Waals surface area contributed by atoms with Crippen LogP contribution in [0.4, 0.5) is 10.2 Å². The molecule has 2 spiro atoms. The molecule has 248 valence electrons. The molecule has 0 bridgehead atoms. The van der Waals surface area contributed by atoms with E-state index in [2.05, 4.69) is 53.7 Å². The number of benzene rings is 1. The van der Waals surface area contributed by atoms with E-state index in [1.54, 1.807) is 18.6 Å². The Morgan fingerprint density at radius 2 is 1.83 bits per heavy atom. The molecule has 4 saturated heterocycles. The second-order valence-corrected chi connectivity index (χ2v) is 16.0. The van der Waals surface area contributed by atoms with E-state index in [1.807, 2.05) is 0 Å². The number of likely N-dealkylation sites (tertiary alicyclic amines) is 2. The molecule has 6 heterocycles. The van der Waals surface area contributed by atoms with Gasteiger partial charge in [0.25, 0.3) is 5.88 Å². The Labute approximate surface area is 276 Å². The quantitative estimate of drug-likeness (QED) is 0.300. The van der Waals surface area contributed by atoms with Crippen molar-refractivity contribution < 1.29 is 13.9 Å². The molecule has 9 rings (SSSR count). The monoisotopic (exact) mass is 640 g/mol. The lowest BCUT2D eigenvalue weighted by atomic mass is 9.54. The third-order valence-corrected chi connectivity index (χ3v) is 11.9. The third-order valence-electron chi connectivity index (χ3n) is 11.9. The zero-order valence-electron chi connectivity index (χ0n) is 27.5. The van der Waals surface area contributed by atoms with Gasteiger partial charge in [0.2, 0.25) is 0 Å². The molecule has 2 saturated carbocycles. The van der Waals surface area contributed by atoms with E-state index >= 15 is 0 Å². The number of anilines is 1. The third kappa shape index (κ3) is 5.48. The van der Waals surface area contributed by atoms with Crippen molar-refractivity contribution in [3.8, 4) is 22.8 Å². The minimum absolute atomic E-state index is 0.260. The fraction of sp³-hybridized carbons (Fsp3) is 0.639. The highest BCUT2D eigenvalue weighted by molar-refractivity contribution is 5.73. The molecule has 1 aromatic carbocycles. The first-order valence-corrected chi connectivity index (χ1v) is 17.6. The molecule has 0 radical (unpaired) electrons. The highest BCUT2D eigenvalue weighted by Crippen LogP contribution is 2.56. The van der Waals surface area contributed by atoms with Gasteiger partial charge in [-0.3, -0.25) is 4.90 Å². The van der Waals surface area contributed by atoms with E-state index in [-0.39, 0.29) is 11.2 Å². The summed E-state index contributed by atoms with van der Waals surface area (Å²) >= 11 is 0. The van der Waals surface area contributed by atoms with Crippen molar-refractivity contribution in [3.05, 3.63) is 48.6 Å². The summed E-state index contributed by atoms with van der Waals surface area (Å²) in [6.45, 7) is 14.7. The Kier molecular flexibility index (Phi) is 7.24. The molecule has 6 fully saturated rings. The maximum absolute atomic E-state index is 14.6. The Morgan fingerprint density at radius 3 is 2.57 bits per heavy atom. The maximum atomic E-state index is 14.6. The van der Waals surface area contributed by atoms with Crippen LogP contribution in [0.15, 0.2) is 37.1 Å². The molecule has 2 aromatic heterocycles. The molecular weight excluding hydrogens is 595 g/mol. The summed E-state index contributed by atoms with van der Waals surface area (Å²) in [7, 11) is 0. The topological polar surface area (TPSA) is 92.6 Å². The normalized spacial score (nSPS) is 24.6. The van der Waals surface area contributed by atoms with Crippen LogP contribution in [0.3, 0.4) is 0 Å². The summed E-state index contributed by atoms with van der Waals surface area (Å²) in [6, 6.07) is 5.23. The zero-order valence-corrected chi connectivity index (χ0v) is 27.5. The van der Waals surface area contributed by atoms with E-state index in [9.17, 15) is 4.39 Å². The first-order chi connectivity index (χ1) is 22.9. The van der Waals surface area contributed by atoms with Crippen molar-refractivity contribution in [2.24, 2.45) is 28.6 Å². The molecule has 0 amide bonds. The van der Waals surface area contributed by atoms with Gasteiger partial charge in [-0.25, -0.2) is 19.3 Å². The Hall–Kier alpha value is -3.28. The molecule has 10 nitrogen and oxygen atoms in total. The molecule has 11 heteroatoms. The van der Waals surface area contributed by atoms with Gasteiger partial charge >= 0.3 is 0 Å². The smallest absolute Gasteiger partial charge is 0.282 e. The van der Waals surface area contributed by atoms with Gasteiger partial charge in [-0.15, -0.1) is 10.2 Å². The summed E-state index contributed by atoms with van der Waals surface area (Å²) < 4.78 is 26.4. The highest BCUT2D eigenvalue weighted by Gasteiger charge is 2.58. The lowest BCUT2D eigenvalue weighted by Crippen LogP contribution is -2.69. The fourth-order valence-corrected chi connectivity index (χ4v) is 9.68. The Morgan fingerprint density at radius 1 is 1.00 bits per heavy atom. The average Bonchev–Trinajstić information content (AvgIpc) is 3.74. The van der Waals surface area contributed by atoms with E-state index in [0.717, 1.165) is 81.7 Å². The van der Waals surface area contributed by atoms with Crippen molar-refractivity contribution in [2.75, 3.05) is 63.9 Å². The lowest BCUT2D eigenvalue weighted by molar-refractivity contribution is -0.155. The summed E-state index contributed by atoms with van der Waals surface area (Å²) in [4.78, 5) is 21.2. The molecule has 47 heavy (non-hydrogen) atoms. The summed E-state index contributed by atoms with van der Waals surface area (Å²) in [5.41, 5.74) is 3.21. The van der Waals surface area contributed by atoms with Gasteiger partial charge in [0, 0.05) is 86.4 Å². The van der Waals surface area contributed by atoms with E-state index < -0.39 is 0 Å². The fourth-order valence-electron chi connectivity index (χ4n) is 9.68. The van der Waals surface area contributed by atoms with Crippen LogP contribution in [-0.4, -0.2) is 100 Å². The SMILES string of the molecule is CC(C)[C@@H](C1CC2(C1)CN(CC1COC1)C2)N1CC2(CCN(c3ncnnc3Oc3ccc(F)cc3-c3cncnc3C3CC3)C2)C1. The van der Waals surface area contributed by atoms with Gasteiger partial charge < -0.3 is 19.3 Å². The molecule has 0 unspecified atom stereocenters. The van der Waals surface area contributed by atoms with Crippen LogP contribution in [0.5, 0.6) is 11.6 Å². The Bertz CT molecular complexity index is 1630. The number of ether oxygens (including phenoxy) is 2. The standard InChI is InChI=1S/C36H45FN8O2/c1-23(2)32(26-10-36(11-26)16-43(17-36)13-24-14-46-15-24)45-19-35(20-45)7-8-44(18-35)33-34(42-41-22-40-33)47-30-6-5-27(37)9-28(30)29-12-38-21-39-31(29)25-3-4-25/h5-6,9,12,21-26,32H,3-4,7-8,10-11,13-20H2,1-2H3/t32-/m0/s1. The van der Waals surface area contributed by atoms with Gasteiger partial charge in [-0.05, 0) is 67.6 Å². The van der Waals surface area contributed by atoms with E-state index in [4.69, 9.17) is 9.47 Å². The predicted molar refractivity (Wildman–Crippen MR) is 175 cm³/mol. The van der Waals surface area contributed by atoms with E-state index in [1.165, 1.54) is 50.9 Å². The number of rotatable bonds is 10. The second-order valence-electron chi connectivity index (χ2n) is 16.0. The number of nitrogens with zero attached hydrogens (tertiary/aromatic N) is 8.